The van der Waals surface area contributed by atoms with Crippen LogP contribution in [-0.4, -0.2) is 36.0 Å². The molecule has 0 aromatic carbocycles. The van der Waals surface area contributed by atoms with Gasteiger partial charge >= 0.3 is 5.97 Å². The molecule has 5 rings (SSSR count). The average Bonchev–Trinajstić information content (AvgIpc) is 3.16. The number of carbonyl (C=O) groups excluding carboxylic acids is 1. The minimum atomic E-state index is -0.182. The number of hydrogen-bond donors (Lipinski definition) is 1. The van der Waals surface area contributed by atoms with Gasteiger partial charge in [0.2, 0.25) is 0 Å². The van der Waals surface area contributed by atoms with Gasteiger partial charge in [-0.3, -0.25) is 4.79 Å². The van der Waals surface area contributed by atoms with Crippen molar-refractivity contribution in [3.63, 3.8) is 0 Å². The first-order valence-electron chi connectivity index (χ1n) is 10.3. The largest absolute Gasteiger partial charge is 0.469 e. The summed E-state index contributed by atoms with van der Waals surface area (Å²) in [6.07, 6.45) is 8.64. The first kappa shape index (κ1) is 16.6. The summed E-state index contributed by atoms with van der Waals surface area (Å²) in [7, 11) is 1.53. The summed E-state index contributed by atoms with van der Waals surface area (Å²) in [5.74, 6) is 2.07. The van der Waals surface area contributed by atoms with E-state index in [0.29, 0.717) is 23.9 Å². The van der Waals surface area contributed by atoms with E-state index < -0.39 is 0 Å². The summed E-state index contributed by atoms with van der Waals surface area (Å²) in [5, 5.41) is 10.2. The van der Waals surface area contributed by atoms with Crippen LogP contribution in [0.15, 0.2) is 0 Å². The van der Waals surface area contributed by atoms with Crippen LogP contribution in [0.2, 0.25) is 0 Å². The van der Waals surface area contributed by atoms with Crippen LogP contribution >= 0.6 is 0 Å². The van der Waals surface area contributed by atoms with E-state index in [1.165, 1.54) is 13.5 Å². The van der Waals surface area contributed by atoms with Crippen molar-refractivity contribution in [1.82, 2.24) is 0 Å². The minimum Gasteiger partial charge on any atom is -0.469 e. The van der Waals surface area contributed by atoms with Crippen LogP contribution in [0.1, 0.15) is 65.2 Å². The number of aliphatic hydroxyl groups is 1. The maximum Gasteiger partial charge on any atom is 0.309 e. The van der Waals surface area contributed by atoms with E-state index in [2.05, 4.69) is 13.8 Å². The Hall–Kier alpha value is -0.610. The third kappa shape index (κ3) is 1.88. The molecular formula is C21H32O4. The Morgan fingerprint density at radius 3 is 2.68 bits per heavy atom. The van der Waals surface area contributed by atoms with Gasteiger partial charge in [0.15, 0.2) is 0 Å². The molecule has 5 fully saturated rings. The van der Waals surface area contributed by atoms with Crippen molar-refractivity contribution in [1.29, 1.82) is 0 Å². The smallest absolute Gasteiger partial charge is 0.309 e. The molecule has 1 aliphatic heterocycles. The Balaban J connectivity index is 1.47. The number of ether oxygens (including phenoxy) is 2. The van der Waals surface area contributed by atoms with E-state index in [0.717, 1.165) is 44.9 Å². The lowest BCUT2D eigenvalue weighted by molar-refractivity contribution is -0.155. The maximum absolute atomic E-state index is 12.4. The lowest BCUT2D eigenvalue weighted by Crippen LogP contribution is -2.58. The monoisotopic (exact) mass is 348 g/mol. The molecule has 0 bridgehead atoms. The molecule has 4 aliphatic carbocycles. The molecule has 25 heavy (non-hydrogen) atoms. The predicted molar refractivity (Wildman–Crippen MR) is 92.7 cm³/mol. The van der Waals surface area contributed by atoms with Crippen molar-refractivity contribution < 1.29 is 19.4 Å². The van der Waals surface area contributed by atoms with Gasteiger partial charge in [-0.2, -0.15) is 0 Å². The Labute approximate surface area is 150 Å². The molecule has 1 spiro atoms. The van der Waals surface area contributed by atoms with Gasteiger partial charge in [0.05, 0.1) is 25.2 Å². The lowest BCUT2D eigenvalue weighted by Gasteiger charge is -2.59. The van der Waals surface area contributed by atoms with Crippen LogP contribution in [0.5, 0.6) is 0 Å². The molecule has 0 amide bonds. The van der Waals surface area contributed by atoms with Gasteiger partial charge in [0.25, 0.3) is 0 Å². The zero-order valence-electron chi connectivity index (χ0n) is 15.8. The standard InChI is InChI=1S/C21H32O4/c1-19-8-7-15-13(14(19)4-5-16(19)18(23)24-3)10-17-21(25-17)11-12(22)6-9-20(15,21)2/h12-17,22H,4-11H2,1-3H3/t12-,13-,14-,15-,16+,17-,19-,20+,21-/m0/s1. The highest BCUT2D eigenvalue weighted by molar-refractivity contribution is 5.73. The summed E-state index contributed by atoms with van der Waals surface area (Å²) in [6, 6.07) is 0. The van der Waals surface area contributed by atoms with Gasteiger partial charge in [-0.15, -0.1) is 0 Å². The van der Waals surface area contributed by atoms with E-state index in [1.54, 1.807) is 0 Å². The topological polar surface area (TPSA) is 59.1 Å². The molecular weight excluding hydrogens is 316 g/mol. The molecule has 5 aliphatic rings. The van der Waals surface area contributed by atoms with E-state index in [9.17, 15) is 9.90 Å². The van der Waals surface area contributed by atoms with E-state index in [1.807, 2.05) is 0 Å². The maximum atomic E-state index is 12.4. The van der Waals surface area contributed by atoms with Crippen LogP contribution in [-0.2, 0) is 14.3 Å². The molecule has 1 saturated heterocycles. The quantitative estimate of drug-likeness (QED) is 0.583. The molecule has 0 unspecified atom stereocenters. The Bertz CT molecular complexity index is 605. The molecule has 0 radical (unpaired) electrons. The average molecular weight is 348 g/mol. The fourth-order valence-corrected chi connectivity index (χ4v) is 8.19. The van der Waals surface area contributed by atoms with Crippen LogP contribution < -0.4 is 0 Å². The summed E-state index contributed by atoms with van der Waals surface area (Å²) >= 11 is 0. The summed E-state index contributed by atoms with van der Waals surface area (Å²) in [6.45, 7) is 4.80. The second-order valence-corrected chi connectivity index (χ2v) is 10.1. The Morgan fingerprint density at radius 1 is 1.12 bits per heavy atom. The molecule has 0 aromatic rings. The number of hydrogen-bond acceptors (Lipinski definition) is 4. The number of rotatable bonds is 1. The van der Waals surface area contributed by atoms with Crippen LogP contribution in [0, 0.1) is 34.5 Å². The van der Waals surface area contributed by atoms with Gasteiger partial charge < -0.3 is 14.6 Å². The minimum absolute atomic E-state index is 0.00304. The SMILES string of the molecule is COC(=O)[C@H]1CC[C@H]2[C@@H]3C[C@@H]4O[C@@]45C[C@@H](O)CC[C@]5(C)[C@H]3CC[C@]12C. The molecule has 0 aromatic heterocycles. The zero-order valence-corrected chi connectivity index (χ0v) is 15.8. The fraction of sp³-hybridized carbons (Fsp3) is 0.952. The second-order valence-electron chi connectivity index (χ2n) is 10.1. The number of methoxy groups -OCH3 is 1. The summed E-state index contributed by atoms with van der Waals surface area (Å²) in [4.78, 5) is 12.4. The fourth-order valence-electron chi connectivity index (χ4n) is 8.19. The van der Waals surface area contributed by atoms with Crippen molar-refractivity contribution in [3.8, 4) is 0 Å². The predicted octanol–water partition coefficient (Wildman–Crippen LogP) is 3.31. The highest BCUT2D eigenvalue weighted by Gasteiger charge is 2.76. The molecule has 1 heterocycles. The van der Waals surface area contributed by atoms with Crippen molar-refractivity contribution in [2.45, 2.75) is 83.0 Å². The first-order chi connectivity index (χ1) is 11.9. The van der Waals surface area contributed by atoms with E-state index >= 15 is 0 Å². The van der Waals surface area contributed by atoms with Gasteiger partial charge in [0, 0.05) is 11.8 Å². The normalized spacial score (nSPS) is 59.2. The number of epoxide rings is 1. The molecule has 4 heteroatoms. The highest BCUT2D eigenvalue weighted by Crippen LogP contribution is 2.73. The van der Waals surface area contributed by atoms with Crippen LogP contribution in [0.3, 0.4) is 0 Å². The van der Waals surface area contributed by atoms with E-state index in [4.69, 9.17) is 9.47 Å². The van der Waals surface area contributed by atoms with Crippen LogP contribution in [0.25, 0.3) is 0 Å². The number of aliphatic hydroxyl groups excluding tert-OH is 1. The summed E-state index contributed by atoms with van der Waals surface area (Å²) < 4.78 is 11.5. The first-order valence-corrected chi connectivity index (χ1v) is 10.3. The number of carbonyl (C=O) groups is 1. The third-order valence-corrected chi connectivity index (χ3v) is 9.55. The van der Waals surface area contributed by atoms with E-state index in [-0.39, 0.29) is 34.4 Å². The molecule has 9 atom stereocenters. The molecule has 1 N–H and O–H groups in total. The van der Waals surface area contributed by atoms with Gasteiger partial charge in [-0.1, -0.05) is 13.8 Å². The van der Waals surface area contributed by atoms with Crippen molar-refractivity contribution in [2.24, 2.45) is 34.5 Å². The number of fused-ring (bicyclic) bond motifs is 4. The highest BCUT2D eigenvalue weighted by atomic mass is 16.6. The van der Waals surface area contributed by atoms with Crippen molar-refractivity contribution in [2.75, 3.05) is 7.11 Å². The zero-order chi connectivity index (χ0) is 17.6. The molecule has 140 valence electrons. The second kappa shape index (κ2) is 5.01. The van der Waals surface area contributed by atoms with Crippen molar-refractivity contribution >= 4 is 5.97 Å². The van der Waals surface area contributed by atoms with Crippen LogP contribution in [0.4, 0.5) is 0 Å². The van der Waals surface area contributed by atoms with Crippen molar-refractivity contribution in [3.05, 3.63) is 0 Å². The van der Waals surface area contributed by atoms with Gasteiger partial charge in [-0.25, -0.2) is 0 Å². The summed E-state index contributed by atoms with van der Waals surface area (Å²) in [5.41, 5.74) is 0.276. The Kier molecular flexibility index (Phi) is 3.32. The Morgan fingerprint density at radius 2 is 1.92 bits per heavy atom. The van der Waals surface area contributed by atoms with Gasteiger partial charge in [0.1, 0.15) is 5.60 Å². The van der Waals surface area contributed by atoms with Gasteiger partial charge in [-0.05, 0) is 68.1 Å². The lowest BCUT2D eigenvalue weighted by atomic mass is 9.44. The number of esters is 1. The molecule has 4 nitrogen and oxygen atoms in total. The third-order valence-electron chi connectivity index (χ3n) is 9.55. The molecule has 4 saturated carbocycles.